The van der Waals surface area contributed by atoms with Crippen molar-refractivity contribution in [3.05, 3.63) is 90.0 Å². The van der Waals surface area contributed by atoms with Gasteiger partial charge in [0.15, 0.2) is 0 Å². The van der Waals surface area contributed by atoms with Crippen LogP contribution in [-0.2, 0) is 11.2 Å². The number of carbonyl (C=O) groups excluding carboxylic acids is 1. The van der Waals surface area contributed by atoms with Crippen LogP contribution in [0.3, 0.4) is 0 Å². The van der Waals surface area contributed by atoms with Crippen LogP contribution in [0.5, 0.6) is 11.5 Å². The molecular weight excluding hydrogens is 410 g/mol. The van der Waals surface area contributed by atoms with E-state index in [2.05, 4.69) is 57.6 Å². The molecular formula is C28H33N3O2. The Bertz CT molecular complexity index is 1040. The number of hydrogen-bond donors (Lipinski definition) is 1. The minimum Gasteiger partial charge on any atom is -0.457 e. The van der Waals surface area contributed by atoms with E-state index in [0.717, 1.165) is 55.1 Å². The van der Waals surface area contributed by atoms with Gasteiger partial charge in [0, 0.05) is 69.6 Å². The molecule has 5 nitrogen and oxygen atoms in total. The summed E-state index contributed by atoms with van der Waals surface area (Å²) in [5, 5.41) is 3.54. The number of piperazine rings is 1. The van der Waals surface area contributed by atoms with Crippen molar-refractivity contribution in [1.29, 1.82) is 0 Å². The van der Waals surface area contributed by atoms with Crippen molar-refractivity contribution in [3.63, 3.8) is 0 Å². The van der Waals surface area contributed by atoms with E-state index >= 15 is 0 Å². The normalized spacial score (nSPS) is 17.3. The van der Waals surface area contributed by atoms with Crippen LogP contribution < -0.4 is 15.0 Å². The number of para-hydroxylation sites is 1. The van der Waals surface area contributed by atoms with Gasteiger partial charge in [0.25, 0.3) is 0 Å². The van der Waals surface area contributed by atoms with Crippen LogP contribution in [0.2, 0.25) is 0 Å². The van der Waals surface area contributed by atoms with Gasteiger partial charge in [-0.15, -0.1) is 0 Å². The molecule has 0 saturated carbocycles. The third-order valence-corrected chi connectivity index (χ3v) is 6.27. The van der Waals surface area contributed by atoms with Crippen molar-refractivity contribution in [2.75, 3.05) is 38.6 Å². The van der Waals surface area contributed by atoms with Gasteiger partial charge in [-0.3, -0.25) is 4.90 Å². The van der Waals surface area contributed by atoms with Gasteiger partial charge in [-0.25, -0.2) is 0 Å². The second-order valence-electron chi connectivity index (χ2n) is 8.74. The zero-order chi connectivity index (χ0) is 23.0. The van der Waals surface area contributed by atoms with E-state index in [1.54, 1.807) is 0 Å². The van der Waals surface area contributed by atoms with Gasteiger partial charge in [0.1, 0.15) is 17.8 Å². The Hall–Kier alpha value is -3.15. The van der Waals surface area contributed by atoms with Crippen molar-refractivity contribution in [2.24, 2.45) is 0 Å². The van der Waals surface area contributed by atoms with Gasteiger partial charge in [-0.05, 0) is 30.2 Å². The Morgan fingerprint density at radius 3 is 2.64 bits per heavy atom. The lowest BCUT2D eigenvalue weighted by Gasteiger charge is -2.41. The number of ether oxygens (including phenoxy) is 1. The van der Waals surface area contributed by atoms with Crippen LogP contribution in [0.25, 0.3) is 0 Å². The first kappa shape index (κ1) is 23.0. The topological polar surface area (TPSA) is 44.8 Å². The van der Waals surface area contributed by atoms with Gasteiger partial charge < -0.3 is 19.7 Å². The molecule has 1 heterocycles. The summed E-state index contributed by atoms with van der Waals surface area (Å²) < 4.78 is 6.39. The lowest BCUT2D eigenvalue weighted by molar-refractivity contribution is -0.109. The maximum absolute atomic E-state index is 11.8. The second kappa shape index (κ2) is 11.1. The van der Waals surface area contributed by atoms with Crippen LogP contribution >= 0.6 is 0 Å². The monoisotopic (exact) mass is 443 g/mol. The average Bonchev–Trinajstić information content (AvgIpc) is 2.84. The summed E-state index contributed by atoms with van der Waals surface area (Å²) in [6.07, 6.45) is 2.41. The molecule has 0 radical (unpaired) electrons. The van der Waals surface area contributed by atoms with Crippen molar-refractivity contribution in [1.82, 2.24) is 10.2 Å². The molecule has 1 unspecified atom stereocenters. The fourth-order valence-electron chi connectivity index (χ4n) is 4.60. The van der Waals surface area contributed by atoms with E-state index in [-0.39, 0.29) is 6.04 Å². The Balaban J connectivity index is 1.63. The second-order valence-corrected chi connectivity index (χ2v) is 8.74. The molecule has 1 saturated heterocycles. The van der Waals surface area contributed by atoms with Gasteiger partial charge in [0.05, 0.1) is 0 Å². The van der Waals surface area contributed by atoms with E-state index in [1.807, 2.05) is 50.5 Å². The Morgan fingerprint density at radius 1 is 1.06 bits per heavy atom. The van der Waals surface area contributed by atoms with Crippen LogP contribution in [0.4, 0.5) is 5.69 Å². The fraction of sp³-hybridized carbons (Fsp3) is 0.321. The summed E-state index contributed by atoms with van der Waals surface area (Å²) in [6, 6.07) is 27.0. The summed E-state index contributed by atoms with van der Waals surface area (Å²) in [6.45, 7) is 2.70. The highest BCUT2D eigenvalue weighted by atomic mass is 16.5. The smallest absolute Gasteiger partial charge is 0.132 e. The third-order valence-electron chi connectivity index (χ3n) is 6.27. The number of nitrogens with one attached hydrogen (secondary N) is 1. The van der Waals surface area contributed by atoms with Crippen molar-refractivity contribution < 1.29 is 9.53 Å². The Morgan fingerprint density at radius 2 is 1.85 bits per heavy atom. The minimum absolute atomic E-state index is 0.0356. The highest BCUT2D eigenvalue weighted by Crippen LogP contribution is 2.36. The van der Waals surface area contributed by atoms with Crippen molar-refractivity contribution in [3.8, 4) is 11.5 Å². The number of hydrogen-bond acceptors (Lipinski definition) is 5. The molecule has 4 rings (SSSR count). The molecule has 0 bridgehead atoms. The minimum atomic E-state index is -0.0356. The van der Waals surface area contributed by atoms with Gasteiger partial charge in [0.2, 0.25) is 0 Å². The summed E-state index contributed by atoms with van der Waals surface area (Å²) in [7, 11) is 4.04. The van der Waals surface area contributed by atoms with Crippen molar-refractivity contribution >= 4 is 12.0 Å². The number of rotatable bonds is 9. The molecule has 0 spiro atoms. The first-order chi connectivity index (χ1) is 16.2. The maximum atomic E-state index is 11.8. The van der Waals surface area contributed by atoms with Gasteiger partial charge in [-0.1, -0.05) is 54.6 Å². The fourth-order valence-corrected chi connectivity index (χ4v) is 4.60. The highest BCUT2D eigenvalue weighted by Gasteiger charge is 2.31. The molecule has 172 valence electrons. The predicted molar refractivity (Wildman–Crippen MR) is 134 cm³/mol. The number of benzene rings is 3. The van der Waals surface area contributed by atoms with Crippen molar-refractivity contribution in [2.45, 2.75) is 24.9 Å². The number of aldehydes is 1. The highest BCUT2D eigenvalue weighted by molar-refractivity contribution is 5.54. The zero-order valence-corrected chi connectivity index (χ0v) is 19.5. The lowest BCUT2D eigenvalue weighted by atomic mass is 9.95. The van der Waals surface area contributed by atoms with Crippen LogP contribution in [-0.4, -0.2) is 51.0 Å². The standard InChI is InChI=1S/C28H33N3O2/c1-30(2)23-11-8-12-25(20-23)33-28-14-7-6-13-26(28)27(15-18-32)31-17-16-29-21-24(31)19-22-9-4-3-5-10-22/h3-14,18,20,24,27,29H,15-17,19,21H2,1-2H3/t24?,27-/m1/s1. The van der Waals surface area contributed by atoms with Gasteiger partial charge >= 0.3 is 0 Å². The molecule has 0 aromatic heterocycles. The van der Waals surface area contributed by atoms with Crippen LogP contribution in [0.1, 0.15) is 23.6 Å². The lowest BCUT2D eigenvalue weighted by Crippen LogP contribution is -2.53. The molecule has 1 aliphatic heterocycles. The molecule has 1 fully saturated rings. The van der Waals surface area contributed by atoms with E-state index < -0.39 is 0 Å². The molecule has 2 atom stereocenters. The van der Waals surface area contributed by atoms with E-state index in [0.29, 0.717) is 12.5 Å². The first-order valence-electron chi connectivity index (χ1n) is 11.6. The number of carbonyl (C=O) groups is 1. The summed E-state index contributed by atoms with van der Waals surface area (Å²) in [5.74, 6) is 1.59. The first-order valence-corrected chi connectivity index (χ1v) is 11.6. The average molecular weight is 444 g/mol. The van der Waals surface area contributed by atoms with E-state index in [9.17, 15) is 4.79 Å². The van der Waals surface area contributed by atoms with Gasteiger partial charge in [-0.2, -0.15) is 0 Å². The Kier molecular flexibility index (Phi) is 7.76. The SMILES string of the molecule is CN(C)c1cccc(Oc2ccccc2[C@@H](CC=O)N2CCNCC2Cc2ccccc2)c1. The molecule has 33 heavy (non-hydrogen) atoms. The van der Waals surface area contributed by atoms with Crippen LogP contribution in [0, 0.1) is 0 Å². The summed E-state index contributed by atoms with van der Waals surface area (Å²) >= 11 is 0. The van der Waals surface area contributed by atoms with E-state index in [4.69, 9.17) is 4.74 Å². The summed E-state index contributed by atoms with van der Waals surface area (Å²) in [5.41, 5.74) is 3.45. The Labute approximate surface area is 197 Å². The third kappa shape index (κ3) is 5.81. The number of anilines is 1. The molecule has 0 amide bonds. The predicted octanol–water partition coefficient (Wildman–Crippen LogP) is 4.69. The maximum Gasteiger partial charge on any atom is 0.132 e. The molecule has 5 heteroatoms. The van der Waals surface area contributed by atoms with Crippen LogP contribution in [0.15, 0.2) is 78.9 Å². The quantitative estimate of drug-likeness (QED) is 0.486. The molecule has 0 aliphatic carbocycles. The zero-order valence-electron chi connectivity index (χ0n) is 19.5. The summed E-state index contributed by atoms with van der Waals surface area (Å²) in [4.78, 5) is 16.3. The molecule has 1 N–H and O–H groups in total. The van der Waals surface area contributed by atoms with E-state index in [1.165, 1.54) is 5.56 Å². The molecule has 3 aromatic rings. The molecule has 1 aliphatic rings. The number of nitrogens with zero attached hydrogens (tertiary/aromatic N) is 2. The largest absolute Gasteiger partial charge is 0.457 e. The molecule has 3 aromatic carbocycles.